The summed E-state index contributed by atoms with van der Waals surface area (Å²) in [4.78, 5) is 11.6. The maximum atomic E-state index is 11.6. The Bertz CT molecular complexity index is 462. The van der Waals surface area contributed by atoms with Crippen LogP contribution in [0.3, 0.4) is 0 Å². The molecule has 2 N–H and O–H groups in total. The van der Waals surface area contributed by atoms with Gasteiger partial charge in [-0.05, 0) is 42.9 Å². The lowest BCUT2D eigenvalue weighted by atomic mass is 10.1. The molecule has 4 heteroatoms. The van der Waals surface area contributed by atoms with E-state index in [-0.39, 0.29) is 6.03 Å². The van der Waals surface area contributed by atoms with Crippen LogP contribution in [0, 0.1) is 5.92 Å². The van der Waals surface area contributed by atoms with Crippen molar-refractivity contribution in [2.75, 3.05) is 13.7 Å². The second-order valence-corrected chi connectivity index (χ2v) is 5.40. The Kier molecular flexibility index (Phi) is 6.13. The van der Waals surface area contributed by atoms with Crippen molar-refractivity contribution in [1.29, 1.82) is 0 Å². The maximum Gasteiger partial charge on any atom is 0.318 e. The lowest BCUT2D eigenvalue weighted by Gasteiger charge is -2.06. The van der Waals surface area contributed by atoms with E-state index in [9.17, 15) is 4.79 Å². The Morgan fingerprint density at radius 3 is 2.67 bits per heavy atom. The van der Waals surface area contributed by atoms with Crippen molar-refractivity contribution in [3.05, 3.63) is 42.1 Å². The van der Waals surface area contributed by atoms with Crippen molar-refractivity contribution in [1.82, 2.24) is 10.6 Å². The van der Waals surface area contributed by atoms with Crippen molar-refractivity contribution >= 4 is 6.03 Å². The van der Waals surface area contributed by atoms with Crippen molar-refractivity contribution in [3.63, 3.8) is 0 Å². The van der Waals surface area contributed by atoms with Gasteiger partial charge in [0.15, 0.2) is 0 Å². The number of carbonyl (C=O) groups excluding carboxylic acids is 1. The summed E-state index contributed by atoms with van der Waals surface area (Å²) in [6, 6.07) is 7.74. The minimum atomic E-state index is -0.141. The summed E-state index contributed by atoms with van der Waals surface area (Å²) >= 11 is 0. The predicted octanol–water partition coefficient (Wildman–Crippen LogP) is 3.24. The Labute approximate surface area is 126 Å². The van der Waals surface area contributed by atoms with Crippen molar-refractivity contribution in [2.45, 2.75) is 32.1 Å². The molecule has 2 rings (SSSR count). The van der Waals surface area contributed by atoms with Gasteiger partial charge in [0.25, 0.3) is 0 Å². The van der Waals surface area contributed by atoms with E-state index in [1.165, 1.54) is 31.2 Å². The average Bonchev–Trinajstić information content (AvgIpc) is 3.01. The minimum Gasteiger partial charge on any atom is -0.497 e. The van der Waals surface area contributed by atoms with Gasteiger partial charge < -0.3 is 15.4 Å². The number of hydrogen-bond donors (Lipinski definition) is 2. The van der Waals surface area contributed by atoms with E-state index in [4.69, 9.17) is 4.74 Å². The van der Waals surface area contributed by atoms with Gasteiger partial charge in [-0.15, -0.1) is 0 Å². The van der Waals surface area contributed by atoms with E-state index in [1.54, 1.807) is 13.3 Å². The third-order valence-electron chi connectivity index (χ3n) is 3.84. The number of allylic oxidation sites excluding steroid dienone is 1. The van der Waals surface area contributed by atoms with E-state index in [2.05, 4.69) is 16.7 Å². The number of urea groups is 1. The third kappa shape index (κ3) is 5.50. The van der Waals surface area contributed by atoms with Crippen LogP contribution in [0.1, 0.15) is 31.2 Å². The standard InChI is InChI=1S/C17H24N2O2/c1-21-16-8-6-15(7-9-16)11-13-19-17(20)18-12-10-14-4-2-3-5-14/h6-10,12,14H,2-5,11,13H2,1H3,(H2,18,19,20)/b12-10+. The summed E-state index contributed by atoms with van der Waals surface area (Å²) in [7, 11) is 1.65. The van der Waals surface area contributed by atoms with Crippen molar-refractivity contribution < 1.29 is 9.53 Å². The molecule has 0 bridgehead atoms. The van der Waals surface area contributed by atoms with E-state index >= 15 is 0 Å². The van der Waals surface area contributed by atoms with Crippen LogP contribution < -0.4 is 15.4 Å². The summed E-state index contributed by atoms with van der Waals surface area (Å²) in [6.07, 6.45) is 9.80. The molecule has 1 saturated carbocycles. The molecule has 0 radical (unpaired) electrons. The molecule has 0 aromatic heterocycles. The number of ether oxygens (including phenoxy) is 1. The van der Waals surface area contributed by atoms with Crippen LogP contribution in [0.2, 0.25) is 0 Å². The summed E-state index contributed by atoms with van der Waals surface area (Å²) in [5, 5.41) is 5.62. The molecule has 0 heterocycles. The number of methoxy groups -OCH3 is 1. The van der Waals surface area contributed by atoms with Crippen LogP contribution in [-0.4, -0.2) is 19.7 Å². The smallest absolute Gasteiger partial charge is 0.318 e. The second-order valence-electron chi connectivity index (χ2n) is 5.40. The van der Waals surface area contributed by atoms with Gasteiger partial charge in [-0.3, -0.25) is 0 Å². The van der Waals surface area contributed by atoms with E-state index in [0.717, 1.165) is 12.2 Å². The third-order valence-corrected chi connectivity index (χ3v) is 3.84. The molecule has 114 valence electrons. The summed E-state index contributed by atoms with van der Waals surface area (Å²) in [5.74, 6) is 1.49. The Morgan fingerprint density at radius 2 is 2.00 bits per heavy atom. The largest absolute Gasteiger partial charge is 0.497 e. The molecular weight excluding hydrogens is 264 g/mol. The fourth-order valence-electron chi connectivity index (χ4n) is 2.57. The summed E-state index contributed by atoms with van der Waals surface area (Å²) < 4.78 is 5.11. The maximum absolute atomic E-state index is 11.6. The number of carbonyl (C=O) groups is 1. The molecule has 1 aliphatic carbocycles. The lowest BCUT2D eigenvalue weighted by molar-refractivity contribution is 0.244. The Hall–Kier alpha value is -1.97. The second kappa shape index (κ2) is 8.35. The molecular formula is C17H24N2O2. The van der Waals surface area contributed by atoms with Crippen LogP contribution in [-0.2, 0) is 6.42 Å². The first-order valence-corrected chi connectivity index (χ1v) is 7.62. The van der Waals surface area contributed by atoms with Crippen LogP contribution in [0.25, 0.3) is 0 Å². The van der Waals surface area contributed by atoms with Crippen LogP contribution in [0.15, 0.2) is 36.5 Å². The van der Waals surface area contributed by atoms with Gasteiger partial charge in [-0.1, -0.05) is 31.1 Å². The number of hydrogen-bond acceptors (Lipinski definition) is 2. The zero-order chi connectivity index (χ0) is 14.9. The Balaban J connectivity index is 1.61. The fourth-order valence-corrected chi connectivity index (χ4v) is 2.57. The molecule has 2 amide bonds. The van der Waals surface area contributed by atoms with Crippen molar-refractivity contribution in [2.24, 2.45) is 5.92 Å². The van der Waals surface area contributed by atoms with Crippen molar-refractivity contribution in [3.8, 4) is 5.75 Å². The monoisotopic (exact) mass is 288 g/mol. The molecule has 4 nitrogen and oxygen atoms in total. The SMILES string of the molecule is COc1ccc(CCNC(=O)N/C=C/C2CCCC2)cc1. The van der Waals surface area contributed by atoms with Gasteiger partial charge >= 0.3 is 6.03 Å². The molecule has 1 aromatic carbocycles. The highest BCUT2D eigenvalue weighted by molar-refractivity contribution is 5.74. The summed E-state index contributed by atoms with van der Waals surface area (Å²) in [5.41, 5.74) is 1.18. The zero-order valence-corrected chi connectivity index (χ0v) is 12.6. The van der Waals surface area contributed by atoms with Gasteiger partial charge in [-0.2, -0.15) is 0 Å². The molecule has 0 aliphatic heterocycles. The number of rotatable bonds is 6. The van der Waals surface area contributed by atoms with Crippen LogP contribution >= 0.6 is 0 Å². The first-order chi connectivity index (χ1) is 10.3. The van der Waals surface area contributed by atoms with E-state index < -0.39 is 0 Å². The highest BCUT2D eigenvalue weighted by Crippen LogP contribution is 2.25. The predicted molar refractivity (Wildman–Crippen MR) is 84.3 cm³/mol. The topological polar surface area (TPSA) is 50.4 Å². The number of nitrogens with one attached hydrogen (secondary N) is 2. The molecule has 21 heavy (non-hydrogen) atoms. The van der Waals surface area contributed by atoms with Gasteiger partial charge in [0.2, 0.25) is 0 Å². The van der Waals surface area contributed by atoms with Gasteiger partial charge in [0.1, 0.15) is 5.75 Å². The molecule has 0 spiro atoms. The number of benzene rings is 1. The quantitative estimate of drug-likeness (QED) is 0.844. The lowest BCUT2D eigenvalue weighted by Crippen LogP contribution is -2.33. The van der Waals surface area contributed by atoms with E-state index in [0.29, 0.717) is 12.5 Å². The highest BCUT2D eigenvalue weighted by atomic mass is 16.5. The van der Waals surface area contributed by atoms with E-state index in [1.807, 2.05) is 24.3 Å². The normalized spacial score (nSPS) is 15.3. The summed E-state index contributed by atoms with van der Waals surface area (Å²) in [6.45, 7) is 0.620. The highest BCUT2D eigenvalue weighted by Gasteiger charge is 2.11. The average molecular weight is 288 g/mol. The molecule has 1 aliphatic rings. The Morgan fingerprint density at radius 1 is 1.29 bits per heavy atom. The van der Waals surface area contributed by atoms with Crippen LogP contribution in [0.5, 0.6) is 5.75 Å². The van der Waals surface area contributed by atoms with Gasteiger partial charge in [-0.25, -0.2) is 4.79 Å². The molecule has 1 fully saturated rings. The number of amides is 2. The van der Waals surface area contributed by atoms with Gasteiger partial charge in [0.05, 0.1) is 7.11 Å². The molecule has 0 saturated heterocycles. The first kappa shape index (κ1) is 15.4. The molecule has 0 atom stereocenters. The first-order valence-electron chi connectivity index (χ1n) is 7.62. The van der Waals surface area contributed by atoms with Gasteiger partial charge in [0, 0.05) is 12.7 Å². The van der Waals surface area contributed by atoms with Crippen LogP contribution in [0.4, 0.5) is 4.79 Å². The molecule has 0 unspecified atom stereocenters. The molecule has 1 aromatic rings. The zero-order valence-electron chi connectivity index (χ0n) is 12.6. The minimum absolute atomic E-state index is 0.141. The fraction of sp³-hybridized carbons (Fsp3) is 0.471.